The summed E-state index contributed by atoms with van der Waals surface area (Å²) in [5.74, 6) is -0.687. The van der Waals surface area contributed by atoms with Gasteiger partial charge in [-0.1, -0.05) is 25.1 Å². The van der Waals surface area contributed by atoms with Gasteiger partial charge >= 0.3 is 12.2 Å². The van der Waals surface area contributed by atoms with E-state index >= 15 is 0 Å². The predicted molar refractivity (Wildman–Crippen MR) is 132 cm³/mol. The number of nitrogens with one attached hydrogen (secondary N) is 1. The highest BCUT2D eigenvalue weighted by atomic mass is 32.1. The van der Waals surface area contributed by atoms with Crippen molar-refractivity contribution in [2.24, 2.45) is 0 Å². The van der Waals surface area contributed by atoms with Crippen LogP contribution < -0.4 is 5.32 Å². The van der Waals surface area contributed by atoms with Crippen LogP contribution in [0.15, 0.2) is 66.0 Å². The van der Waals surface area contributed by atoms with E-state index in [9.17, 15) is 27.2 Å². The Bertz CT molecular complexity index is 1130. The third-order valence-electron chi connectivity index (χ3n) is 5.72. The van der Waals surface area contributed by atoms with Gasteiger partial charge in [-0.2, -0.15) is 13.2 Å². The lowest BCUT2D eigenvalue weighted by Crippen LogP contribution is -2.47. The number of hydrogen-bond acceptors (Lipinski definition) is 3. The number of carbonyl (C=O) groups is 2. The molecule has 0 aliphatic heterocycles. The number of anilines is 1. The van der Waals surface area contributed by atoms with E-state index in [2.05, 4.69) is 5.32 Å². The Balaban J connectivity index is 1.76. The minimum atomic E-state index is -4.48. The minimum Gasteiger partial charge on any atom is -0.332 e. The molecule has 1 heterocycles. The fraction of sp³-hybridized carbons (Fsp3) is 0.308. The lowest BCUT2D eigenvalue weighted by molar-refractivity contribution is -0.137. The van der Waals surface area contributed by atoms with Crippen LogP contribution in [-0.2, 0) is 24.1 Å². The van der Waals surface area contributed by atoms with Crippen LogP contribution in [0.4, 0.5) is 28.0 Å². The van der Waals surface area contributed by atoms with Crippen molar-refractivity contribution in [3.05, 3.63) is 87.9 Å². The lowest BCUT2D eigenvalue weighted by Gasteiger charge is -2.31. The molecule has 2 aromatic carbocycles. The molecule has 0 radical (unpaired) electrons. The molecule has 1 atom stereocenters. The van der Waals surface area contributed by atoms with Gasteiger partial charge in [0.2, 0.25) is 5.91 Å². The van der Waals surface area contributed by atoms with Gasteiger partial charge < -0.3 is 15.1 Å². The van der Waals surface area contributed by atoms with Gasteiger partial charge in [0.25, 0.3) is 0 Å². The predicted octanol–water partition coefficient (Wildman–Crippen LogP) is 6.77. The molecule has 36 heavy (non-hydrogen) atoms. The number of thiophene rings is 1. The molecule has 1 N–H and O–H groups in total. The molecule has 192 valence electrons. The summed E-state index contributed by atoms with van der Waals surface area (Å²) < 4.78 is 51.9. The summed E-state index contributed by atoms with van der Waals surface area (Å²) in [6.07, 6.45) is -3.91. The van der Waals surface area contributed by atoms with E-state index < -0.39 is 17.8 Å². The molecule has 10 heteroatoms. The smallest absolute Gasteiger partial charge is 0.332 e. The number of halogens is 4. The Labute approximate surface area is 211 Å². The molecule has 0 fully saturated rings. The Morgan fingerprint density at radius 3 is 2.22 bits per heavy atom. The van der Waals surface area contributed by atoms with Crippen LogP contribution in [0.1, 0.15) is 36.3 Å². The molecule has 1 aromatic heterocycles. The molecule has 3 amide bonds. The van der Waals surface area contributed by atoms with Crippen molar-refractivity contribution >= 4 is 29.0 Å². The van der Waals surface area contributed by atoms with Crippen LogP contribution in [0.5, 0.6) is 0 Å². The number of carbonyl (C=O) groups excluding carboxylic acids is 2. The Morgan fingerprint density at radius 1 is 1.00 bits per heavy atom. The summed E-state index contributed by atoms with van der Waals surface area (Å²) in [6, 6.07) is 12.9. The monoisotopic (exact) mass is 521 g/mol. The molecule has 5 nitrogen and oxygen atoms in total. The molecular weight excluding hydrogens is 494 g/mol. The fourth-order valence-electron chi connectivity index (χ4n) is 3.46. The maximum absolute atomic E-state index is 13.4. The van der Waals surface area contributed by atoms with Crippen molar-refractivity contribution in [2.75, 3.05) is 11.9 Å². The number of alkyl halides is 3. The van der Waals surface area contributed by atoms with Gasteiger partial charge in [0.15, 0.2) is 0 Å². The van der Waals surface area contributed by atoms with Crippen molar-refractivity contribution in [1.29, 1.82) is 0 Å². The average Bonchev–Trinajstić information content (AvgIpc) is 3.35. The average molecular weight is 522 g/mol. The number of benzene rings is 2. The van der Waals surface area contributed by atoms with E-state index in [1.807, 2.05) is 24.4 Å². The SMILES string of the molecule is CCC(C)N(CC(=O)N(Cc1ccc(F)cc1)Cc1cccs1)C(=O)Nc1ccc(C(F)(F)F)cc1. The van der Waals surface area contributed by atoms with Crippen molar-refractivity contribution in [2.45, 2.75) is 45.6 Å². The molecular formula is C26H27F4N3O2S. The number of amides is 3. The zero-order chi connectivity index (χ0) is 26.3. The first kappa shape index (κ1) is 27.2. The van der Waals surface area contributed by atoms with E-state index in [0.717, 1.165) is 22.6 Å². The third kappa shape index (κ3) is 7.55. The second kappa shape index (κ2) is 12.0. The molecule has 0 aliphatic carbocycles. The lowest BCUT2D eigenvalue weighted by atomic mass is 10.2. The molecule has 3 rings (SSSR count). The topological polar surface area (TPSA) is 52.7 Å². The highest BCUT2D eigenvalue weighted by molar-refractivity contribution is 7.09. The first-order valence-electron chi connectivity index (χ1n) is 11.4. The van der Waals surface area contributed by atoms with Crippen molar-refractivity contribution in [3.8, 4) is 0 Å². The van der Waals surface area contributed by atoms with Gasteiger partial charge in [-0.25, -0.2) is 9.18 Å². The number of hydrogen-bond donors (Lipinski definition) is 1. The molecule has 0 saturated carbocycles. The first-order valence-corrected chi connectivity index (χ1v) is 12.2. The van der Waals surface area contributed by atoms with Crippen LogP contribution in [0, 0.1) is 5.82 Å². The zero-order valence-corrected chi connectivity index (χ0v) is 20.7. The van der Waals surface area contributed by atoms with E-state index in [0.29, 0.717) is 13.0 Å². The van der Waals surface area contributed by atoms with Crippen LogP contribution in [0.2, 0.25) is 0 Å². The minimum absolute atomic E-state index is 0.190. The normalized spacial score (nSPS) is 12.2. The van der Waals surface area contributed by atoms with Gasteiger partial charge in [0, 0.05) is 23.2 Å². The second-order valence-electron chi connectivity index (χ2n) is 8.35. The van der Waals surface area contributed by atoms with Gasteiger partial charge in [0.05, 0.1) is 12.1 Å². The van der Waals surface area contributed by atoms with Gasteiger partial charge in [-0.15, -0.1) is 11.3 Å². The summed E-state index contributed by atoms with van der Waals surface area (Å²) in [7, 11) is 0. The van der Waals surface area contributed by atoms with E-state index in [4.69, 9.17) is 0 Å². The van der Waals surface area contributed by atoms with Crippen molar-refractivity contribution < 1.29 is 27.2 Å². The summed E-state index contributed by atoms with van der Waals surface area (Å²) in [4.78, 5) is 30.4. The van der Waals surface area contributed by atoms with Gasteiger partial charge in [-0.05, 0) is 66.8 Å². The Kier molecular flexibility index (Phi) is 9.08. The standard InChI is InChI=1S/C26H27F4N3O2S/c1-3-18(2)33(25(35)31-22-12-8-20(9-13-22)26(28,29)30)17-24(34)32(16-23-5-4-14-36-23)15-19-6-10-21(27)11-7-19/h4-14,18H,3,15-17H2,1-2H3,(H,31,35). The number of rotatable bonds is 9. The summed E-state index contributed by atoms with van der Waals surface area (Å²) >= 11 is 1.50. The van der Waals surface area contributed by atoms with Crippen LogP contribution >= 0.6 is 11.3 Å². The van der Waals surface area contributed by atoms with E-state index in [1.54, 1.807) is 24.0 Å². The highest BCUT2D eigenvalue weighted by Gasteiger charge is 2.30. The zero-order valence-electron chi connectivity index (χ0n) is 19.9. The first-order chi connectivity index (χ1) is 17.1. The molecule has 0 aliphatic rings. The summed E-state index contributed by atoms with van der Waals surface area (Å²) in [5, 5.41) is 4.49. The number of urea groups is 1. The maximum atomic E-state index is 13.4. The molecule has 0 spiro atoms. The van der Waals surface area contributed by atoms with E-state index in [1.165, 1.54) is 40.5 Å². The largest absolute Gasteiger partial charge is 0.416 e. The quantitative estimate of drug-likeness (QED) is 0.316. The Morgan fingerprint density at radius 2 is 1.67 bits per heavy atom. The van der Waals surface area contributed by atoms with E-state index in [-0.39, 0.29) is 36.5 Å². The second-order valence-corrected chi connectivity index (χ2v) is 9.38. The summed E-state index contributed by atoms with van der Waals surface area (Å²) in [6.45, 7) is 3.99. The van der Waals surface area contributed by atoms with Crippen LogP contribution in [0.25, 0.3) is 0 Å². The van der Waals surface area contributed by atoms with Crippen molar-refractivity contribution in [1.82, 2.24) is 9.80 Å². The maximum Gasteiger partial charge on any atom is 0.416 e. The van der Waals surface area contributed by atoms with Crippen LogP contribution in [0.3, 0.4) is 0 Å². The Hall–Kier alpha value is -3.40. The number of nitrogens with zero attached hydrogens (tertiary/aromatic N) is 2. The molecule has 1 unspecified atom stereocenters. The van der Waals surface area contributed by atoms with Crippen LogP contribution in [-0.4, -0.2) is 34.3 Å². The van der Waals surface area contributed by atoms with Crippen molar-refractivity contribution in [3.63, 3.8) is 0 Å². The molecule has 0 bridgehead atoms. The molecule has 0 saturated heterocycles. The van der Waals surface area contributed by atoms with Gasteiger partial charge in [-0.3, -0.25) is 4.79 Å². The molecule has 3 aromatic rings. The third-order valence-corrected chi connectivity index (χ3v) is 6.58. The fourth-order valence-corrected chi connectivity index (χ4v) is 4.18. The summed E-state index contributed by atoms with van der Waals surface area (Å²) in [5.41, 5.74) is 0.112. The highest BCUT2D eigenvalue weighted by Crippen LogP contribution is 2.30. The van der Waals surface area contributed by atoms with Gasteiger partial charge in [0.1, 0.15) is 12.4 Å².